The minimum Gasteiger partial charge on any atom is -0.461 e. The van der Waals surface area contributed by atoms with Gasteiger partial charge in [0, 0.05) is 17.8 Å². The van der Waals surface area contributed by atoms with E-state index in [1.807, 2.05) is 41.8 Å². The summed E-state index contributed by atoms with van der Waals surface area (Å²) in [7, 11) is 0. The van der Waals surface area contributed by atoms with Gasteiger partial charge < -0.3 is 10.2 Å². The maximum absolute atomic E-state index is 6.22. The standard InChI is InChI=1S/C15H13BrN2OS/c16-12-6-7-19-14(12)15-18-11(9-20-15)8-13(17)10-4-2-1-3-5-10/h1-7,9,13H,8,17H2. The fraction of sp³-hybridized carbons (Fsp3) is 0.133. The monoisotopic (exact) mass is 348 g/mol. The predicted molar refractivity (Wildman–Crippen MR) is 84.6 cm³/mol. The van der Waals surface area contributed by atoms with Crippen LogP contribution < -0.4 is 5.73 Å². The van der Waals surface area contributed by atoms with Gasteiger partial charge in [-0.3, -0.25) is 0 Å². The molecule has 0 amide bonds. The van der Waals surface area contributed by atoms with Gasteiger partial charge in [0.1, 0.15) is 0 Å². The highest BCUT2D eigenvalue weighted by Gasteiger charge is 2.14. The van der Waals surface area contributed by atoms with Gasteiger partial charge in [0.05, 0.1) is 16.4 Å². The van der Waals surface area contributed by atoms with E-state index in [2.05, 4.69) is 20.9 Å². The van der Waals surface area contributed by atoms with Crippen molar-refractivity contribution in [2.45, 2.75) is 12.5 Å². The average molecular weight is 349 g/mol. The summed E-state index contributed by atoms with van der Waals surface area (Å²) in [5.41, 5.74) is 8.33. The Morgan fingerprint density at radius 1 is 1.25 bits per heavy atom. The molecule has 3 aromatic rings. The van der Waals surface area contributed by atoms with E-state index in [1.54, 1.807) is 17.6 Å². The molecule has 2 heterocycles. The number of nitrogens with two attached hydrogens (primary N) is 1. The Labute approximate surface area is 129 Å². The van der Waals surface area contributed by atoms with Crippen molar-refractivity contribution in [3.8, 4) is 10.8 Å². The molecule has 0 saturated carbocycles. The maximum Gasteiger partial charge on any atom is 0.176 e. The molecular weight excluding hydrogens is 336 g/mol. The Bertz CT molecular complexity index is 693. The molecule has 0 aliphatic carbocycles. The first-order valence-corrected chi connectivity index (χ1v) is 7.89. The predicted octanol–water partition coefficient (Wildman–Crippen LogP) is 4.41. The molecule has 2 N–H and O–H groups in total. The van der Waals surface area contributed by atoms with Crippen molar-refractivity contribution in [2.24, 2.45) is 5.73 Å². The van der Waals surface area contributed by atoms with Crippen LogP contribution in [0, 0.1) is 0 Å². The molecule has 3 rings (SSSR count). The van der Waals surface area contributed by atoms with E-state index in [9.17, 15) is 0 Å². The first kappa shape index (κ1) is 13.5. The summed E-state index contributed by atoms with van der Waals surface area (Å²) >= 11 is 5.02. The van der Waals surface area contributed by atoms with E-state index in [4.69, 9.17) is 10.2 Å². The molecule has 0 aliphatic rings. The Hall–Kier alpha value is -1.43. The van der Waals surface area contributed by atoms with Crippen molar-refractivity contribution in [1.82, 2.24) is 4.98 Å². The molecule has 1 aromatic carbocycles. The van der Waals surface area contributed by atoms with Crippen molar-refractivity contribution in [3.05, 3.63) is 63.8 Å². The number of hydrogen-bond donors (Lipinski definition) is 1. The zero-order chi connectivity index (χ0) is 13.9. The second-order valence-corrected chi connectivity index (χ2v) is 6.18. The van der Waals surface area contributed by atoms with Crippen molar-refractivity contribution in [3.63, 3.8) is 0 Å². The summed E-state index contributed by atoms with van der Waals surface area (Å²) in [6.45, 7) is 0. The van der Waals surface area contributed by atoms with E-state index >= 15 is 0 Å². The molecule has 0 aliphatic heterocycles. The summed E-state index contributed by atoms with van der Waals surface area (Å²) in [4.78, 5) is 4.59. The molecule has 1 unspecified atom stereocenters. The third-order valence-electron chi connectivity index (χ3n) is 3.02. The molecule has 102 valence electrons. The van der Waals surface area contributed by atoms with E-state index in [-0.39, 0.29) is 6.04 Å². The highest BCUT2D eigenvalue weighted by molar-refractivity contribution is 9.10. The van der Waals surface area contributed by atoms with Crippen LogP contribution in [0.3, 0.4) is 0 Å². The van der Waals surface area contributed by atoms with Gasteiger partial charge in [0.2, 0.25) is 0 Å². The van der Waals surface area contributed by atoms with Crippen LogP contribution in [-0.2, 0) is 6.42 Å². The fourth-order valence-corrected chi connectivity index (χ4v) is 3.35. The largest absolute Gasteiger partial charge is 0.461 e. The molecular formula is C15H13BrN2OS. The molecule has 0 bridgehead atoms. The Morgan fingerprint density at radius 3 is 2.75 bits per heavy atom. The summed E-state index contributed by atoms with van der Waals surface area (Å²) in [5.74, 6) is 0.773. The molecule has 5 heteroatoms. The van der Waals surface area contributed by atoms with Crippen LogP contribution in [0.5, 0.6) is 0 Å². The summed E-state index contributed by atoms with van der Waals surface area (Å²) in [6.07, 6.45) is 2.37. The summed E-state index contributed by atoms with van der Waals surface area (Å²) < 4.78 is 6.35. The van der Waals surface area contributed by atoms with Gasteiger partial charge in [-0.05, 0) is 27.6 Å². The van der Waals surface area contributed by atoms with E-state index in [0.29, 0.717) is 0 Å². The number of halogens is 1. The lowest BCUT2D eigenvalue weighted by atomic mass is 10.0. The Balaban J connectivity index is 1.77. The van der Waals surface area contributed by atoms with Gasteiger partial charge in [0.25, 0.3) is 0 Å². The summed E-state index contributed by atoms with van der Waals surface area (Å²) in [6, 6.07) is 11.9. The first-order chi connectivity index (χ1) is 9.74. The SMILES string of the molecule is NC(Cc1csc(-c2occc2Br)n1)c1ccccc1. The lowest BCUT2D eigenvalue weighted by Crippen LogP contribution is -2.13. The molecule has 0 spiro atoms. The minimum absolute atomic E-state index is 0.0359. The molecule has 0 saturated heterocycles. The van der Waals surface area contributed by atoms with Crippen LogP contribution in [0.15, 0.2) is 56.9 Å². The number of nitrogens with zero attached hydrogens (tertiary/aromatic N) is 1. The number of aromatic nitrogens is 1. The molecule has 3 nitrogen and oxygen atoms in total. The summed E-state index contributed by atoms with van der Waals surface area (Å²) in [5, 5.41) is 2.91. The van der Waals surface area contributed by atoms with E-state index in [0.717, 1.165) is 32.9 Å². The molecule has 20 heavy (non-hydrogen) atoms. The van der Waals surface area contributed by atoms with Gasteiger partial charge in [0.15, 0.2) is 10.8 Å². The maximum atomic E-state index is 6.22. The van der Waals surface area contributed by atoms with Crippen molar-refractivity contribution in [1.29, 1.82) is 0 Å². The van der Waals surface area contributed by atoms with Crippen LogP contribution >= 0.6 is 27.3 Å². The van der Waals surface area contributed by atoms with Gasteiger partial charge in [-0.25, -0.2) is 4.98 Å². The number of furan rings is 1. The van der Waals surface area contributed by atoms with Crippen LogP contribution in [0.1, 0.15) is 17.3 Å². The Morgan fingerprint density at radius 2 is 2.05 bits per heavy atom. The highest BCUT2D eigenvalue weighted by atomic mass is 79.9. The third kappa shape index (κ3) is 2.85. The smallest absolute Gasteiger partial charge is 0.176 e. The van der Waals surface area contributed by atoms with Crippen molar-refractivity contribution < 1.29 is 4.42 Å². The minimum atomic E-state index is -0.0359. The second-order valence-electron chi connectivity index (χ2n) is 4.46. The van der Waals surface area contributed by atoms with Crippen molar-refractivity contribution >= 4 is 27.3 Å². The van der Waals surface area contributed by atoms with E-state index in [1.165, 1.54) is 0 Å². The first-order valence-electron chi connectivity index (χ1n) is 6.22. The second kappa shape index (κ2) is 5.91. The molecule has 2 aromatic heterocycles. The lowest BCUT2D eigenvalue weighted by molar-refractivity contribution is 0.580. The number of benzene rings is 1. The fourth-order valence-electron chi connectivity index (χ4n) is 1.99. The normalized spacial score (nSPS) is 12.5. The quantitative estimate of drug-likeness (QED) is 0.759. The van der Waals surface area contributed by atoms with Gasteiger partial charge in [-0.2, -0.15) is 0 Å². The number of thiazole rings is 1. The van der Waals surface area contributed by atoms with Crippen LogP contribution in [0.2, 0.25) is 0 Å². The van der Waals surface area contributed by atoms with Crippen LogP contribution in [0.25, 0.3) is 10.8 Å². The average Bonchev–Trinajstić information content (AvgIpc) is 3.08. The topological polar surface area (TPSA) is 52.0 Å². The van der Waals surface area contributed by atoms with E-state index < -0.39 is 0 Å². The lowest BCUT2D eigenvalue weighted by Gasteiger charge is -2.09. The zero-order valence-corrected chi connectivity index (χ0v) is 13.0. The zero-order valence-electron chi connectivity index (χ0n) is 10.6. The molecule has 1 atom stereocenters. The molecule has 0 fully saturated rings. The number of rotatable bonds is 4. The van der Waals surface area contributed by atoms with Crippen LogP contribution in [0.4, 0.5) is 0 Å². The highest BCUT2D eigenvalue weighted by Crippen LogP contribution is 2.32. The van der Waals surface area contributed by atoms with Crippen molar-refractivity contribution in [2.75, 3.05) is 0 Å². The van der Waals surface area contributed by atoms with Crippen LogP contribution in [-0.4, -0.2) is 4.98 Å². The van der Waals surface area contributed by atoms with Gasteiger partial charge >= 0.3 is 0 Å². The van der Waals surface area contributed by atoms with Gasteiger partial charge in [-0.1, -0.05) is 30.3 Å². The number of hydrogen-bond acceptors (Lipinski definition) is 4. The third-order valence-corrected chi connectivity index (χ3v) is 4.53. The van der Waals surface area contributed by atoms with Gasteiger partial charge in [-0.15, -0.1) is 11.3 Å². The Kier molecular flexibility index (Phi) is 4.00. The molecule has 0 radical (unpaired) electrons.